The quantitative estimate of drug-likeness (QED) is 0.702. The van der Waals surface area contributed by atoms with Crippen molar-refractivity contribution in [3.8, 4) is 0 Å². The minimum absolute atomic E-state index is 0.140. The van der Waals surface area contributed by atoms with Crippen LogP contribution in [0.15, 0.2) is 23.8 Å². The maximum atomic E-state index is 12.2. The van der Waals surface area contributed by atoms with Gasteiger partial charge in [0.15, 0.2) is 0 Å². The van der Waals surface area contributed by atoms with E-state index < -0.39 is 0 Å². The van der Waals surface area contributed by atoms with E-state index in [0.717, 1.165) is 25.7 Å². The van der Waals surface area contributed by atoms with Gasteiger partial charge in [-0.2, -0.15) is 0 Å². The standard InChI is InChI=1S/C15H23NO2/c1-4-8-13(5-2)11-12(3)15(18)16-10-7-6-9-14(16)17/h6,9,11,13H,4-5,7-8,10H2,1-3H3/b12-11+. The van der Waals surface area contributed by atoms with E-state index in [1.165, 1.54) is 11.0 Å². The van der Waals surface area contributed by atoms with E-state index in [1.54, 1.807) is 0 Å². The molecule has 1 heterocycles. The van der Waals surface area contributed by atoms with Gasteiger partial charge in [0.1, 0.15) is 0 Å². The monoisotopic (exact) mass is 249 g/mol. The van der Waals surface area contributed by atoms with Crippen LogP contribution in [0.3, 0.4) is 0 Å². The Morgan fingerprint density at radius 1 is 1.50 bits per heavy atom. The molecule has 0 aliphatic carbocycles. The van der Waals surface area contributed by atoms with E-state index in [1.807, 2.05) is 19.1 Å². The molecule has 100 valence electrons. The summed E-state index contributed by atoms with van der Waals surface area (Å²) in [6.45, 7) is 6.59. The highest BCUT2D eigenvalue weighted by Crippen LogP contribution is 2.16. The number of allylic oxidation sites excluding steroid dienone is 1. The minimum Gasteiger partial charge on any atom is -0.275 e. The first kappa shape index (κ1) is 14.7. The zero-order valence-corrected chi connectivity index (χ0v) is 11.6. The molecule has 1 aliphatic heterocycles. The summed E-state index contributed by atoms with van der Waals surface area (Å²) in [6, 6.07) is 0. The van der Waals surface area contributed by atoms with Crippen molar-refractivity contribution in [1.82, 2.24) is 4.90 Å². The van der Waals surface area contributed by atoms with Crippen molar-refractivity contribution in [3.63, 3.8) is 0 Å². The average Bonchev–Trinajstić information content (AvgIpc) is 2.37. The second-order valence-electron chi connectivity index (χ2n) is 4.79. The molecule has 2 amide bonds. The molecule has 0 spiro atoms. The number of hydrogen-bond acceptors (Lipinski definition) is 2. The lowest BCUT2D eigenvalue weighted by Crippen LogP contribution is -2.38. The van der Waals surface area contributed by atoms with Gasteiger partial charge in [0, 0.05) is 12.1 Å². The van der Waals surface area contributed by atoms with Crippen molar-refractivity contribution in [2.75, 3.05) is 6.54 Å². The van der Waals surface area contributed by atoms with Crippen LogP contribution in [0.5, 0.6) is 0 Å². The molecule has 1 rings (SSSR count). The maximum absolute atomic E-state index is 12.2. The third-order valence-electron chi connectivity index (χ3n) is 3.30. The normalized spacial score (nSPS) is 18.1. The Bertz CT molecular complexity index is 369. The molecule has 0 saturated heterocycles. The van der Waals surface area contributed by atoms with Crippen molar-refractivity contribution in [3.05, 3.63) is 23.8 Å². The number of nitrogens with zero attached hydrogens (tertiary/aromatic N) is 1. The van der Waals surface area contributed by atoms with Crippen LogP contribution in [-0.2, 0) is 9.59 Å². The molecule has 0 aromatic carbocycles. The second kappa shape index (κ2) is 7.14. The molecule has 1 atom stereocenters. The predicted octanol–water partition coefficient (Wildman–Crippen LogP) is 3.07. The largest absolute Gasteiger partial charge is 0.275 e. The van der Waals surface area contributed by atoms with Crippen LogP contribution < -0.4 is 0 Å². The molecule has 1 aliphatic rings. The van der Waals surface area contributed by atoms with E-state index in [4.69, 9.17) is 0 Å². The van der Waals surface area contributed by atoms with Gasteiger partial charge in [-0.15, -0.1) is 0 Å². The SMILES string of the molecule is CCCC(/C=C(\C)C(=O)N1CCC=CC1=O)CC. The second-order valence-corrected chi connectivity index (χ2v) is 4.79. The fraction of sp³-hybridized carbons (Fsp3) is 0.600. The Morgan fingerprint density at radius 3 is 2.78 bits per heavy atom. The number of carbonyl (C=O) groups excluding carboxylic acids is 2. The van der Waals surface area contributed by atoms with Gasteiger partial charge < -0.3 is 0 Å². The molecule has 0 aromatic rings. The summed E-state index contributed by atoms with van der Waals surface area (Å²) in [5.74, 6) is 0.107. The Balaban J connectivity index is 2.73. The van der Waals surface area contributed by atoms with E-state index in [0.29, 0.717) is 18.0 Å². The van der Waals surface area contributed by atoms with E-state index >= 15 is 0 Å². The molecule has 3 nitrogen and oxygen atoms in total. The van der Waals surface area contributed by atoms with Crippen molar-refractivity contribution >= 4 is 11.8 Å². The van der Waals surface area contributed by atoms with E-state index in [9.17, 15) is 9.59 Å². The molecule has 18 heavy (non-hydrogen) atoms. The Morgan fingerprint density at radius 2 is 2.22 bits per heavy atom. The fourth-order valence-electron chi connectivity index (χ4n) is 2.20. The van der Waals surface area contributed by atoms with Gasteiger partial charge >= 0.3 is 0 Å². The molecule has 0 radical (unpaired) electrons. The van der Waals surface area contributed by atoms with Crippen molar-refractivity contribution in [2.24, 2.45) is 5.92 Å². The number of imide groups is 1. The van der Waals surface area contributed by atoms with Crippen LogP contribution in [0.25, 0.3) is 0 Å². The molecular formula is C15H23NO2. The number of carbonyl (C=O) groups is 2. The molecule has 0 bridgehead atoms. The predicted molar refractivity (Wildman–Crippen MR) is 72.9 cm³/mol. The lowest BCUT2D eigenvalue weighted by atomic mass is 9.97. The first-order valence-electron chi connectivity index (χ1n) is 6.80. The van der Waals surface area contributed by atoms with E-state index in [2.05, 4.69) is 13.8 Å². The Hall–Kier alpha value is -1.38. The zero-order valence-electron chi connectivity index (χ0n) is 11.6. The minimum atomic E-state index is -0.192. The lowest BCUT2D eigenvalue weighted by Gasteiger charge is -2.22. The highest BCUT2D eigenvalue weighted by Gasteiger charge is 2.22. The number of rotatable bonds is 5. The summed E-state index contributed by atoms with van der Waals surface area (Å²) in [6.07, 6.45) is 9.33. The van der Waals surface area contributed by atoms with Crippen LogP contribution in [0, 0.1) is 5.92 Å². The summed E-state index contributed by atoms with van der Waals surface area (Å²) in [7, 11) is 0. The molecule has 0 saturated carbocycles. The van der Waals surface area contributed by atoms with Gasteiger partial charge in [0.25, 0.3) is 11.8 Å². The topological polar surface area (TPSA) is 37.4 Å². The molecule has 0 fully saturated rings. The van der Waals surface area contributed by atoms with Crippen LogP contribution in [0.2, 0.25) is 0 Å². The Kier molecular flexibility index (Phi) is 5.83. The summed E-state index contributed by atoms with van der Waals surface area (Å²) < 4.78 is 0. The number of amides is 2. The van der Waals surface area contributed by atoms with Gasteiger partial charge in [0.05, 0.1) is 0 Å². The Labute approximate surface area is 110 Å². The van der Waals surface area contributed by atoms with Crippen molar-refractivity contribution in [2.45, 2.75) is 46.5 Å². The summed E-state index contributed by atoms with van der Waals surface area (Å²) in [4.78, 5) is 25.1. The van der Waals surface area contributed by atoms with Crippen LogP contribution in [0.4, 0.5) is 0 Å². The van der Waals surface area contributed by atoms with Crippen LogP contribution in [0.1, 0.15) is 46.5 Å². The van der Waals surface area contributed by atoms with E-state index in [-0.39, 0.29) is 11.8 Å². The third kappa shape index (κ3) is 3.83. The van der Waals surface area contributed by atoms with Gasteiger partial charge in [0.2, 0.25) is 0 Å². The van der Waals surface area contributed by atoms with Gasteiger partial charge in [-0.1, -0.05) is 32.4 Å². The fourth-order valence-corrected chi connectivity index (χ4v) is 2.20. The first-order valence-corrected chi connectivity index (χ1v) is 6.80. The summed E-state index contributed by atoms with van der Waals surface area (Å²) in [5.41, 5.74) is 0.693. The summed E-state index contributed by atoms with van der Waals surface area (Å²) in [5, 5.41) is 0. The molecular weight excluding hydrogens is 226 g/mol. The molecule has 3 heteroatoms. The maximum Gasteiger partial charge on any atom is 0.256 e. The van der Waals surface area contributed by atoms with Crippen molar-refractivity contribution < 1.29 is 9.59 Å². The van der Waals surface area contributed by atoms with Crippen LogP contribution in [-0.4, -0.2) is 23.3 Å². The zero-order chi connectivity index (χ0) is 13.5. The average molecular weight is 249 g/mol. The molecule has 1 unspecified atom stereocenters. The third-order valence-corrected chi connectivity index (χ3v) is 3.30. The molecule has 0 N–H and O–H groups in total. The lowest BCUT2D eigenvalue weighted by molar-refractivity contribution is -0.139. The highest BCUT2D eigenvalue weighted by atomic mass is 16.2. The van der Waals surface area contributed by atoms with Gasteiger partial charge in [-0.25, -0.2) is 0 Å². The highest BCUT2D eigenvalue weighted by molar-refractivity contribution is 6.07. The smallest absolute Gasteiger partial charge is 0.256 e. The van der Waals surface area contributed by atoms with Crippen LogP contribution >= 0.6 is 0 Å². The van der Waals surface area contributed by atoms with Gasteiger partial charge in [-0.05, 0) is 38.2 Å². The van der Waals surface area contributed by atoms with Gasteiger partial charge in [-0.3, -0.25) is 14.5 Å². The molecule has 0 aromatic heterocycles. The summed E-state index contributed by atoms with van der Waals surface area (Å²) >= 11 is 0. The first-order chi connectivity index (χ1) is 8.60. The van der Waals surface area contributed by atoms with Crippen molar-refractivity contribution in [1.29, 1.82) is 0 Å². The number of hydrogen-bond donors (Lipinski definition) is 0.